The summed E-state index contributed by atoms with van der Waals surface area (Å²) < 4.78 is 0. The van der Waals surface area contributed by atoms with E-state index < -0.39 is 0 Å². The first kappa shape index (κ1) is 9.28. The molecule has 0 N–H and O–H groups in total. The Bertz CT molecular complexity index is 208. The molecule has 12 heavy (non-hydrogen) atoms. The molecule has 2 nitrogen and oxygen atoms in total. The summed E-state index contributed by atoms with van der Waals surface area (Å²) in [6.45, 7) is 6.22. The van der Waals surface area contributed by atoms with E-state index in [1.54, 1.807) is 0 Å². The number of hydrogen-bond donors (Lipinski definition) is 0. The number of allylic oxidation sites excluding steroid dienone is 1. The Labute approximate surface area is 74.5 Å². The summed E-state index contributed by atoms with van der Waals surface area (Å²) in [5.41, 5.74) is 1.33. The third kappa shape index (κ3) is 2.35. The van der Waals surface area contributed by atoms with Gasteiger partial charge in [0.2, 0.25) is 0 Å². The Balaban J connectivity index is 2.42. The molecule has 0 aromatic rings. The van der Waals surface area contributed by atoms with Crippen molar-refractivity contribution in [1.29, 1.82) is 5.26 Å². The quantitative estimate of drug-likeness (QED) is 0.583. The van der Waals surface area contributed by atoms with Crippen molar-refractivity contribution < 1.29 is 0 Å². The van der Waals surface area contributed by atoms with Crippen molar-refractivity contribution in [3.05, 3.63) is 11.6 Å². The van der Waals surface area contributed by atoms with Gasteiger partial charge in [0.25, 0.3) is 0 Å². The number of likely N-dealkylation sites (tertiary alicyclic amines) is 1. The number of hydrogen-bond acceptors (Lipinski definition) is 2. The third-order valence-electron chi connectivity index (χ3n) is 2.25. The smallest absolute Gasteiger partial charge is 0.0981 e. The van der Waals surface area contributed by atoms with Crippen LogP contribution in [0.3, 0.4) is 0 Å². The lowest BCUT2D eigenvalue weighted by Gasteiger charge is -2.16. The second kappa shape index (κ2) is 4.27. The van der Waals surface area contributed by atoms with Gasteiger partial charge in [0.1, 0.15) is 0 Å². The highest BCUT2D eigenvalue weighted by molar-refractivity contribution is 5.01. The van der Waals surface area contributed by atoms with E-state index in [-0.39, 0.29) is 6.04 Å². The van der Waals surface area contributed by atoms with Crippen LogP contribution in [-0.4, -0.2) is 24.0 Å². The van der Waals surface area contributed by atoms with Crippen LogP contribution in [0.2, 0.25) is 0 Å². The molecule has 1 aliphatic heterocycles. The highest BCUT2D eigenvalue weighted by atomic mass is 15.2. The molecule has 66 valence electrons. The molecular weight excluding hydrogens is 148 g/mol. The van der Waals surface area contributed by atoms with E-state index in [2.05, 4.69) is 30.9 Å². The molecule has 2 heteroatoms. The van der Waals surface area contributed by atoms with Crippen LogP contribution in [0.5, 0.6) is 0 Å². The fraction of sp³-hybridized carbons (Fsp3) is 0.700. The van der Waals surface area contributed by atoms with Crippen molar-refractivity contribution in [3.8, 4) is 6.07 Å². The average Bonchev–Trinajstić information content (AvgIpc) is 2.47. The van der Waals surface area contributed by atoms with E-state index in [4.69, 9.17) is 5.26 Å². The molecular formula is C10H16N2. The molecule has 0 spiro atoms. The Morgan fingerprint density at radius 1 is 1.67 bits per heavy atom. The third-order valence-corrected chi connectivity index (χ3v) is 2.25. The van der Waals surface area contributed by atoms with Crippen LogP contribution in [-0.2, 0) is 0 Å². The zero-order valence-corrected chi connectivity index (χ0v) is 7.88. The predicted molar refractivity (Wildman–Crippen MR) is 49.6 cm³/mol. The van der Waals surface area contributed by atoms with Crippen LogP contribution >= 0.6 is 0 Å². The van der Waals surface area contributed by atoms with Crippen molar-refractivity contribution in [3.63, 3.8) is 0 Å². The summed E-state index contributed by atoms with van der Waals surface area (Å²) >= 11 is 0. The molecule has 0 aromatic carbocycles. The maximum absolute atomic E-state index is 8.79. The van der Waals surface area contributed by atoms with E-state index in [0.29, 0.717) is 0 Å². The van der Waals surface area contributed by atoms with E-state index in [0.717, 1.165) is 19.5 Å². The fourth-order valence-corrected chi connectivity index (χ4v) is 1.49. The normalized spacial score (nSPS) is 23.6. The molecule has 1 fully saturated rings. The van der Waals surface area contributed by atoms with Gasteiger partial charge in [-0.05, 0) is 33.2 Å². The summed E-state index contributed by atoms with van der Waals surface area (Å²) in [5, 5.41) is 8.79. The molecule has 1 unspecified atom stereocenters. The minimum absolute atomic E-state index is 0.167. The monoisotopic (exact) mass is 164 g/mol. The van der Waals surface area contributed by atoms with Gasteiger partial charge in [0.05, 0.1) is 12.1 Å². The molecule has 0 aromatic heterocycles. The summed E-state index contributed by atoms with van der Waals surface area (Å²) in [6, 6.07) is 2.50. The largest absolute Gasteiger partial charge is 0.284 e. The minimum atomic E-state index is 0.167. The van der Waals surface area contributed by atoms with Gasteiger partial charge in [0, 0.05) is 6.54 Å². The topological polar surface area (TPSA) is 27.0 Å². The lowest BCUT2D eigenvalue weighted by molar-refractivity contribution is 0.327. The zero-order valence-electron chi connectivity index (χ0n) is 7.88. The van der Waals surface area contributed by atoms with E-state index >= 15 is 0 Å². The van der Waals surface area contributed by atoms with Crippen LogP contribution in [0.25, 0.3) is 0 Å². The molecule has 1 rings (SSSR count). The fourth-order valence-electron chi connectivity index (χ4n) is 1.49. The Morgan fingerprint density at radius 2 is 2.42 bits per heavy atom. The molecule has 1 atom stereocenters. The van der Waals surface area contributed by atoms with E-state index in [9.17, 15) is 0 Å². The SMILES string of the molecule is CC(C)=CCN1CCCC1C#N. The molecule has 0 amide bonds. The molecule has 1 heterocycles. The number of rotatable bonds is 2. The highest BCUT2D eigenvalue weighted by Gasteiger charge is 2.22. The van der Waals surface area contributed by atoms with Crippen LogP contribution in [0.4, 0.5) is 0 Å². The van der Waals surface area contributed by atoms with Gasteiger partial charge in [0.15, 0.2) is 0 Å². The van der Waals surface area contributed by atoms with Crippen molar-refractivity contribution in [2.45, 2.75) is 32.7 Å². The molecule has 1 saturated heterocycles. The molecule has 0 bridgehead atoms. The first-order valence-electron chi connectivity index (χ1n) is 4.51. The van der Waals surface area contributed by atoms with E-state index in [1.165, 1.54) is 12.0 Å². The average molecular weight is 164 g/mol. The van der Waals surface area contributed by atoms with Crippen molar-refractivity contribution in [2.24, 2.45) is 0 Å². The van der Waals surface area contributed by atoms with Crippen LogP contribution in [0.15, 0.2) is 11.6 Å². The first-order chi connectivity index (χ1) is 5.74. The maximum atomic E-state index is 8.79. The van der Waals surface area contributed by atoms with E-state index in [1.807, 2.05) is 0 Å². The van der Waals surface area contributed by atoms with Crippen LogP contribution < -0.4 is 0 Å². The number of nitrogens with zero attached hydrogens (tertiary/aromatic N) is 2. The van der Waals surface area contributed by atoms with Gasteiger partial charge in [-0.25, -0.2) is 0 Å². The molecule has 0 aliphatic carbocycles. The second-order valence-corrected chi connectivity index (χ2v) is 3.56. The summed E-state index contributed by atoms with van der Waals surface area (Å²) in [5.74, 6) is 0. The second-order valence-electron chi connectivity index (χ2n) is 3.56. The standard InChI is InChI=1S/C10H16N2/c1-9(2)5-7-12-6-3-4-10(12)8-11/h5,10H,3-4,6-7H2,1-2H3. The Hall–Kier alpha value is -0.810. The zero-order chi connectivity index (χ0) is 8.97. The van der Waals surface area contributed by atoms with Crippen molar-refractivity contribution >= 4 is 0 Å². The first-order valence-corrected chi connectivity index (χ1v) is 4.51. The lowest BCUT2D eigenvalue weighted by atomic mass is 10.2. The molecule has 1 aliphatic rings. The summed E-state index contributed by atoms with van der Waals surface area (Å²) in [6.07, 6.45) is 4.41. The maximum Gasteiger partial charge on any atom is 0.0981 e. The molecule has 0 radical (unpaired) electrons. The predicted octanol–water partition coefficient (Wildman–Crippen LogP) is 1.94. The van der Waals surface area contributed by atoms with Gasteiger partial charge < -0.3 is 0 Å². The van der Waals surface area contributed by atoms with Crippen molar-refractivity contribution in [1.82, 2.24) is 4.90 Å². The minimum Gasteiger partial charge on any atom is -0.284 e. The van der Waals surface area contributed by atoms with Gasteiger partial charge in [-0.15, -0.1) is 0 Å². The molecule has 0 saturated carbocycles. The summed E-state index contributed by atoms with van der Waals surface area (Å²) in [4.78, 5) is 2.24. The van der Waals surface area contributed by atoms with Gasteiger partial charge in [-0.1, -0.05) is 11.6 Å². The number of nitriles is 1. The summed E-state index contributed by atoms with van der Waals surface area (Å²) in [7, 11) is 0. The van der Waals surface area contributed by atoms with Crippen LogP contribution in [0, 0.1) is 11.3 Å². The lowest BCUT2D eigenvalue weighted by Crippen LogP contribution is -2.28. The Morgan fingerprint density at radius 3 is 3.00 bits per heavy atom. The van der Waals surface area contributed by atoms with Gasteiger partial charge >= 0.3 is 0 Å². The van der Waals surface area contributed by atoms with Crippen LogP contribution in [0.1, 0.15) is 26.7 Å². The van der Waals surface area contributed by atoms with Gasteiger partial charge in [-0.2, -0.15) is 5.26 Å². The van der Waals surface area contributed by atoms with Gasteiger partial charge in [-0.3, -0.25) is 4.90 Å². The van der Waals surface area contributed by atoms with Crippen molar-refractivity contribution in [2.75, 3.05) is 13.1 Å². The highest BCUT2D eigenvalue weighted by Crippen LogP contribution is 2.15. The Kier molecular flexibility index (Phi) is 3.31.